The van der Waals surface area contributed by atoms with Gasteiger partial charge in [-0.3, -0.25) is 4.79 Å². The number of hydrogen-bond acceptors (Lipinski definition) is 6. The molecule has 1 N–H and O–H groups in total. The van der Waals surface area contributed by atoms with Crippen LogP contribution >= 0.6 is 0 Å². The van der Waals surface area contributed by atoms with E-state index in [0.717, 1.165) is 6.92 Å². The normalized spacial score (nSPS) is 11.0. The first-order valence-electron chi connectivity index (χ1n) is 6.90. The van der Waals surface area contributed by atoms with Gasteiger partial charge in [0.15, 0.2) is 0 Å². The SMILES string of the molecule is CC(=O)ON=C(c1ccc(OC(C)=O)cc1O)c1ccccc1F. The standard InChI is InChI=1S/C17H14FNO5/c1-10(20)23-12-7-8-14(16(22)9-12)17(19-24-11(2)21)13-5-3-4-6-15(13)18/h3-9,22H,1-2H3. The monoisotopic (exact) mass is 331 g/mol. The number of phenolic OH excluding ortho intramolecular Hbond substituents is 1. The topological polar surface area (TPSA) is 85.2 Å². The molecule has 2 rings (SSSR count). The molecule has 0 aliphatic rings. The van der Waals surface area contributed by atoms with Crippen LogP contribution in [0, 0.1) is 5.82 Å². The van der Waals surface area contributed by atoms with E-state index in [1.807, 2.05) is 0 Å². The van der Waals surface area contributed by atoms with Gasteiger partial charge >= 0.3 is 11.9 Å². The van der Waals surface area contributed by atoms with Gasteiger partial charge in [0.1, 0.15) is 23.0 Å². The fourth-order valence-electron chi connectivity index (χ4n) is 1.95. The van der Waals surface area contributed by atoms with E-state index in [0.29, 0.717) is 0 Å². The molecule has 6 nitrogen and oxygen atoms in total. The van der Waals surface area contributed by atoms with Crippen molar-refractivity contribution in [1.82, 2.24) is 0 Å². The van der Waals surface area contributed by atoms with Crippen molar-refractivity contribution in [3.05, 3.63) is 59.4 Å². The number of benzene rings is 2. The average molecular weight is 331 g/mol. The molecule has 0 saturated carbocycles. The molecule has 0 atom stereocenters. The fraction of sp³-hybridized carbons (Fsp3) is 0.118. The first-order chi connectivity index (χ1) is 11.4. The average Bonchev–Trinajstić information content (AvgIpc) is 2.49. The van der Waals surface area contributed by atoms with E-state index in [-0.39, 0.29) is 28.3 Å². The minimum Gasteiger partial charge on any atom is -0.507 e. The highest BCUT2D eigenvalue weighted by atomic mass is 19.1. The Labute approximate surface area is 137 Å². The molecule has 0 aliphatic heterocycles. The number of hydrogen-bond donors (Lipinski definition) is 1. The van der Waals surface area contributed by atoms with Crippen LogP contribution in [0.3, 0.4) is 0 Å². The second-order valence-corrected chi connectivity index (χ2v) is 4.78. The molecule has 0 spiro atoms. The first-order valence-corrected chi connectivity index (χ1v) is 6.90. The van der Waals surface area contributed by atoms with Gasteiger partial charge in [-0.15, -0.1) is 0 Å². The molecular formula is C17H14FNO5. The Kier molecular flexibility index (Phi) is 5.26. The summed E-state index contributed by atoms with van der Waals surface area (Å²) in [6, 6.07) is 9.67. The molecule has 0 radical (unpaired) electrons. The van der Waals surface area contributed by atoms with E-state index in [1.165, 1.54) is 43.3 Å². The van der Waals surface area contributed by atoms with Crippen molar-refractivity contribution in [3.8, 4) is 11.5 Å². The summed E-state index contributed by atoms with van der Waals surface area (Å²) in [5.41, 5.74) is 0.0710. The number of carbonyl (C=O) groups is 2. The van der Waals surface area contributed by atoms with Crippen LogP contribution in [-0.2, 0) is 14.4 Å². The third-order valence-corrected chi connectivity index (χ3v) is 2.88. The van der Waals surface area contributed by atoms with Crippen molar-refractivity contribution in [1.29, 1.82) is 0 Å². The van der Waals surface area contributed by atoms with Gasteiger partial charge < -0.3 is 14.7 Å². The molecule has 0 aromatic heterocycles. The minimum atomic E-state index is -0.695. The second-order valence-electron chi connectivity index (χ2n) is 4.78. The maximum absolute atomic E-state index is 14.1. The number of nitrogens with zero attached hydrogens (tertiary/aromatic N) is 1. The van der Waals surface area contributed by atoms with Crippen LogP contribution in [-0.4, -0.2) is 22.8 Å². The summed E-state index contributed by atoms with van der Waals surface area (Å²) in [5, 5.41) is 13.8. The van der Waals surface area contributed by atoms with Crippen molar-refractivity contribution >= 4 is 17.7 Å². The van der Waals surface area contributed by atoms with E-state index in [1.54, 1.807) is 6.07 Å². The van der Waals surface area contributed by atoms with E-state index in [9.17, 15) is 19.1 Å². The van der Waals surface area contributed by atoms with Crippen LogP contribution < -0.4 is 4.74 Å². The van der Waals surface area contributed by atoms with Crippen molar-refractivity contribution in [3.63, 3.8) is 0 Å². The van der Waals surface area contributed by atoms with E-state index >= 15 is 0 Å². The van der Waals surface area contributed by atoms with Gasteiger partial charge in [-0.25, -0.2) is 9.18 Å². The van der Waals surface area contributed by atoms with Gasteiger partial charge in [0.05, 0.1) is 0 Å². The Morgan fingerprint density at radius 3 is 2.33 bits per heavy atom. The molecule has 24 heavy (non-hydrogen) atoms. The summed E-state index contributed by atoms with van der Waals surface area (Å²) >= 11 is 0. The Bertz CT molecular complexity index is 816. The Hall–Kier alpha value is -3.22. The van der Waals surface area contributed by atoms with Crippen LogP contribution in [0.25, 0.3) is 0 Å². The zero-order valence-electron chi connectivity index (χ0n) is 12.9. The van der Waals surface area contributed by atoms with E-state index in [4.69, 9.17) is 4.74 Å². The molecule has 0 heterocycles. The number of phenols is 1. The summed E-state index contributed by atoms with van der Waals surface area (Å²) in [4.78, 5) is 26.6. The molecular weight excluding hydrogens is 317 g/mol. The summed E-state index contributed by atoms with van der Waals surface area (Å²) in [5.74, 6) is -2.05. The van der Waals surface area contributed by atoms with Crippen LogP contribution in [0.2, 0.25) is 0 Å². The molecule has 2 aromatic rings. The molecule has 0 amide bonds. The fourth-order valence-corrected chi connectivity index (χ4v) is 1.95. The number of halogens is 1. The van der Waals surface area contributed by atoms with Crippen LogP contribution in [0.1, 0.15) is 25.0 Å². The van der Waals surface area contributed by atoms with Gasteiger partial charge in [-0.05, 0) is 24.3 Å². The van der Waals surface area contributed by atoms with Gasteiger partial charge in [-0.2, -0.15) is 0 Å². The first kappa shape index (κ1) is 17.1. The zero-order valence-corrected chi connectivity index (χ0v) is 12.9. The number of esters is 1. The molecule has 0 aliphatic carbocycles. The molecule has 2 aromatic carbocycles. The van der Waals surface area contributed by atoms with E-state index in [2.05, 4.69) is 9.99 Å². The molecule has 7 heteroatoms. The van der Waals surface area contributed by atoms with Crippen LogP contribution in [0.15, 0.2) is 47.6 Å². The predicted molar refractivity (Wildman–Crippen MR) is 83.2 cm³/mol. The largest absolute Gasteiger partial charge is 0.507 e. The summed E-state index contributed by atoms with van der Waals surface area (Å²) in [6.45, 7) is 2.37. The highest BCUT2D eigenvalue weighted by Crippen LogP contribution is 2.27. The van der Waals surface area contributed by atoms with Crippen molar-refractivity contribution in [2.75, 3.05) is 0 Å². The third kappa shape index (κ3) is 4.16. The molecule has 0 unspecified atom stereocenters. The number of rotatable bonds is 4. The third-order valence-electron chi connectivity index (χ3n) is 2.88. The van der Waals surface area contributed by atoms with Gasteiger partial charge in [-0.1, -0.05) is 17.3 Å². The molecule has 0 saturated heterocycles. The van der Waals surface area contributed by atoms with Gasteiger partial charge in [0.2, 0.25) is 0 Å². The lowest BCUT2D eigenvalue weighted by Gasteiger charge is -2.10. The number of oxime groups is 1. The quantitative estimate of drug-likeness (QED) is 0.306. The Balaban J connectivity index is 2.52. The van der Waals surface area contributed by atoms with E-state index < -0.39 is 17.8 Å². The number of carbonyl (C=O) groups excluding carboxylic acids is 2. The zero-order chi connectivity index (χ0) is 17.7. The molecule has 0 fully saturated rings. The Morgan fingerprint density at radius 2 is 1.75 bits per heavy atom. The molecule has 124 valence electrons. The lowest BCUT2D eigenvalue weighted by Crippen LogP contribution is -2.09. The number of aromatic hydroxyl groups is 1. The van der Waals surface area contributed by atoms with Crippen molar-refractivity contribution < 1.29 is 28.7 Å². The minimum absolute atomic E-state index is 0.0364. The van der Waals surface area contributed by atoms with Crippen molar-refractivity contribution in [2.45, 2.75) is 13.8 Å². The predicted octanol–water partition coefficient (Wildman–Crippen LogP) is 2.77. The highest BCUT2D eigenvalue weighted by molar-refractivity contribution is 6.14. The maximum atomic E-state index is 14.1. The van der Waals surface area contributed by atoms with Crippen molar-refractivity contribution in [2.24, 2.45) is 5.16 Å². The number of ether oxygens (including phenoxy) is 1. The van der Waals surface area contributed by atoms with Gasteiger partial charge in [0, 0.05) is 31.0 Å². The lowest BCUT2D eigenvalue weighted by atomic mass is 10.0. The lowest BCUT2D eigenvalue weighted by molar-refractivity contribution is -0.141. The second kappa shape index (κ2) is 7.36. The van der Waals surface area contributed by atoms with Crippen LogP contribution in [0.4, 0.5) is 4.39 Å². The van der Waals surface area contributed by atoms with Crippen LogP contribution in [0.5, 0.6) is 11.5 Å². The maximum Gasteiger partial charge on any atom is 0.332 e. The smallest absolute Gasteiger partial charge is 0.332 e. The summed E-state index contributed by atoms with van der Waals surface area (Å²) < 4.78 is 18.9. The molecule has 0 bridgehead atoms. The summed E-state index contributed by atoms with van der Waals surface area (Å²) in [6.07, 6.45) is 0. The Morgan fingerprint density at radius 1 is 1.04 bits per heavy atom. The highest BCUT2D eigenvalue weighted by Gasteiger charge is 2.17. The van der Waals surface area contributed by atoms with Gasteiger partial charge in [0.25, 0.3) is 0 Å². The summed E-state index contributed by atoms with van der Waals surface area (Å²) in [7, 11) is 0.